The molecule has 5 nitrogen and oxygen atoms in total. The molecule has 1 saturated heterocycles. The van der Waals surface area contributed by atoms with Gasteiger partial charge in [-0.15, -0.1) is 12.4 Å². The number of aromatic amines is 1. The van der Waals surface area contributed by atoms with Crippen LogP contribution in [0.2, 0.25) is 0 Å². The van der Waals surface area contributed by atoms with E-state index in [2.05, 4.69) is 20.8 Å². The van der Waals surface area contributed by atoms with Gasteiger partial charge in [0.1, 0.15) is 0 Å². The third-order valence-electron chi connectivity index (χ3n) is 3.36. The standard InChI is InChI=1S/C13H16N4O.ClH/c18-13(5-9-3-4-14-7-9)16-11-1-2-12-10(6-11)8-15-17-12;/h1-2,6,8-9,14H,3-5,7H2,(H,15,17)(H,16,18);1H. The summed E-state index contributed by atoms with van der Waals surface area (Å²) in [6.45, 7) is 1.98. The van der Waals surface area contributed by atoms with Crippen LogP contribution in [0.1, 0.15) is 12.8 Å². The Balaban J connectivity index is 0.00000133. The fourth-order valence-corrected chi connectivity index (χ4v) is 2.38. The number of nitrogens with one attached hydrogen (secondary N) is 3. The SMILES string of the molecule is Cl.O=C(CC1CCNC1)Nc1ccc2[nH]ncc2c1. The van der Waals surface area contributed by atoms with Crippen LogP contribution in [0.25, 0.3) is 10.9 Å². The molecule has 2 aromatic rings. The van der Waals surface area contributed by atoms with Crippen molar-refractivity contribution in [2.24, 2.45) is 5.92 Å². The number of rotatable bonds is 3. The first-order chi connectivity index (χ1) is 8.81. The molecule has 0 saturated carbocycles. The molecule has 1 fully saturated rings. The summed E-state index contributed by atoms with van der Waals surface area (Å²) in [7, 11) is 0. The summed E-state index contributed by atoms with van der Waals surface area (Å²) in [5, 5.41) is 14.1. The molecule has 1 aromatic heterocycles. The van der Waals surface area contributed by atoms with Gasteiger partial charge < -0.3 is 10.6 Å². The second-order valence-corrected chi connectivity index (χ2v) is 4.78. The van der Waals surface area contributed by atoms with Gasteiger partial charge in [0.2, 0.25) is 5.91 Å². The van der Waals surface area contributed by atoms with E-state index in [1.807, 2.05) is 18.2 Å². The van der Waals surface area contributed by atoms with E-state index in [1.165, 1.54) is 0 Å². The van der Waals surface area contributed by atoms with Gasteiger partial charge in [-0.1, -0.05) is 0 Å². The van der Waals surface area contributed by atoms with E-state index in [0.29, 0.717) is 12.3 Å². The van der Waals surface area contributed by atoms with Gasteiger partial charge in [-0.25, -0.2) is 0 Å². The number of fused-ring (bicyclic) bond motifs is 1. The Labute approximate surface area is 117 Å². The lowest BCUT2D eigenvalue weighted by Crippen LogP contribution is -2.18. The molecule has 0 spiro atoms. The number of H-pyrrole nitrogens is 1. The molecule has 0 radical (unpaired) electrons. The molecule has 3 rings (SSSR count). The molecule has 19 heavy (non-hydrogen) atoms. The van der Waals surface area contributed by atoms with Crippen molar-refractivity contribution in [2.45, 2.75) is 12.8 Å². The monoisotopic (exact) mass is 280 g/mol. The van der Waals surface area contributed by atoms with E-state index in [4.69, 9.17) is 0 Å². The molecular formula is C13H17ClN4O. The van der Waals surface area contributed by atoms with Gasteiger partial charge >= 0.3 is 0 Å². The molecule has 6 heteroatoms. The molecule has 0 aliphatic carbocycles. The lowest BCUT2D eigenvalue weighted by atomic mass is 10.0. The van der Waals surface area contributed by atoms with E-state index in [9.17, 15) is 4.79 Å². The molecule has 0 bridgehead atoms. The Morgan fingerprint density at radius 2 is 2.37 bits per heavy atom. The summed E-state index contributed by atoms with van der Waals surface area (Å²) in [4.78, 5) is 11.9. The van der Waals surface area contributed by atoms with Crippen LogP contribution in [-0.4, -0.2) is 29.2 Å². The Kier molecular flexibility index (Phi) is 4.39. The Morgan fingerprint density at radius 1 is 1.47 bits per heavy atom. The highest BCUT2D eigenvalue weighted by Gasteiger charge is 2.17. The topological polar surface area (TPSA) is 69.8 Å². The van der Waals surface area contributed by atoms with Crippen LogP contribution in [0.5, 0.6) is 0 Å². The summed E-state index contributed by atoms with van der Waals surface area (Å²) in [5.41, 5.74) is 1.81. The molecule has 2 heterocycles. The summed E-state index contributed by atoms with van der Waals surface area (Å²) < 4.78 is 0. The lowest BCUT2D eigenvalue weighted by Gasteiger charge is -2.09. The zero-order valence-corrected chi connectivity index (χ0v) is 11.3. The van der Waals surface area contributed by atoms with Crippen molar-refractivity contribution in [3.8, 4) is 0 Å². The number of nitrogens with zero attached hydrogens (tertiary/aromatic N) is 1. The molecule has 1 amide bonds. The molecule has 1 unspecified atom stereocenters. The van der Waals surface area contributed by atoms with Gasteiger partial charge in [-0.05, 0) is 43.6 Å². The summed E-state index contributed by atoms with van der Waals surface area (Å²) in [5.74, 6) is 0.564. The highest BCUT2D eigenvalue weighted by molar-refractivity contribution is 5.93. The van der Waals surface area contributed by atoms with Crippen LogP contribution in [0.4, 0.5) is 5.69 Å². The van der Waals surface area contributed by atoms with Crippen LogP contribution in [-0.2, 0) is 4.79 Å². The fraction of sp³-hybridized carbons (Fsp3) is 0.385. The van der Waals surface area contributed by atoms with Crippen LogP contribution >= 0.6 is 12.4 Å². The highest BCUT2D eigenvalue weighted by Crippen LogP contribution is 2.18. The van der Waals surface area contributed by atoms with Gasteiger partial charge in [0, 0.05) is 17.5 Å². The maximum absolute atomic E-state index is 11.9. The Hall–Kier alpha value is -1.59. The van der Waals surface area contributed by atoms with Crippen molar-refractivity contribution < 1.29 is 4.79 Å². The maximum Gasteiger partial charge on any atom is 0.224 e. The van der Waals surface area contributed by atoms with Crippen molar-refractivity contribution in [1.29, 1.82) is 0 Å². The number of carbonyl (C=O) groups is 1. The highest BCUT2D eigenvalue weighted by atomic mass is 35.5. The number of aromatic nitrogens is 2. The first-order valence-corrected chi connectivity index (χ1v) is 6.25. The van der Waals surface area contributed by atoms with Crippen LogP contribution in [0, 0.1) is 5.92 Å². The molecule has 1 aliphatic rings. The third-order valence-corrected chi connectivity index (χ3v) is 3.36. The molecule has 102 valence electrons. The second kappa shape index (κ2) is 6.04. The minimum atomic E-state index is 0. The third kappa shape index (κ3) is 3.24. The van der Waals surface area contributed by atoms with Gasteiger partial charge in [-0.3, -0.25) is 9.89 Å². The fourth-order valence-electron chi connectivity index (χ4n) is 2.38. The van der Waals surface area contributed by atoms with Crippen LogP contribution < -0.4 is 10.6 Å². The van der Waals surface area contributed by atoms with Crippen LogP contribution in [0.3, 0.4) is 0 Å². The number of carbonyl (C=O) groups excluding carboxylic acids is 1. The van der Waals surface area contributed by atoms with Gasteiger partial charge in [0.25, 0.3) is 0 Å². The maximum atomic E-state index is 11.9. The molecular weight excluding hydrogens is 264 g/mol. The lowest BCUT2D eigenvalue weighted by molar-refractivity contribution is -0.116. The van der Waals surface area contributed by atoms with Crippen molar-refractivity contribution in [2.75, 3.05) is 18.4 Å². The number of anilines is 1. The van der Waals surface area contributed by atoms with Crippen molar-refractivity contribution >= 4 is 34.9 Å². The predicted octanol–water partition coefficient (Wildman–Crippen LogP) is 1.92. The first kappa shape index (κ1) is 13.8. The van der Waals surface area contributed by atoms with E-state index < -0.39 is 0 Å². The summed E-state index contributed by atoms with van der Waals surface area (Å²) in [6, 6.07) is 5.75. The van der Waals surface area contributed by atoms with E-state index in [0.717, 1.165) is 36.1 Å². The summed E-state index contributed by atoms with van der Waals surface area (Å²) in [6.07, 6.45) is 3.44. The summed E-state index contributed by atoms with van der Waals surface area (Å²) >= 11 is 0. The average Bonchev–Trinajstić information content (AvgIpc) is 2.98. The minimum Gasteiger partial charge on any atom is -0.326 e. The van der Waals surface area contributed by atoms with E-state index in [-0.39, 0.29) is 18.3 Å². The number of amides is 1. The second-order valence-electron chi connectivity index (χ2n) is 4.78. The zero-order valence-electron chi connectivity index (χ0n) is 10.5. The number of benzene rings is 1. The Morgan fingerprint density at radius 3 is 3.16 bits per heavy atom. The first-order valence-electron chi connectivity index (χ1n) is 6.25. The van der Waals surface area contributed by atoms with Crippen molar-refractivity contribution in [3.05, 3.63) is 24.4 Å². The van der Waals surface area contributed by atoms with Gasteiger partial charge in [0.15, 0.2) is 0 Å². The quantitative estimate of drug-likeness (QED) is 0.804. The number of halogens is 1. The smallest absolute Gasteiger partial charge is 0.224 e. The van der Waals surface area contributed by atoms with Crippen molar-refractivity contribution in [3.63, 3.8) is 0 Å². The van der Waals surface area contributed by atoms with Gasteiger partial charge in [-0.2, -0.15) is 5.10 Å². The largest absolute Gasteiger partial charge is 0.326 e. The normalized spacial score (nSPS) is 18.2. The number of hydrogen-bond donors (Lipinski definition) is 3. The van der Waals surface area contributed by atoms with E-state index >= 15 is 0 Å². The zero-order chi connectivity index (χ0) is 12.4. The van der Waals surface area contributed by atoms with Gasteiger partial charge in [0.05, 0.1) is 11.7 Å². The van der Waals surface area contributed by atoms with Crippen LogP contribution in [0.15, 0.2) is 24.4 Å². The van der Waals surface area contributed by atoms with E-state index in [1.54, 1.807) is 6.20 Å². The van der Waals surface area contributed by atoms with Crippen molar-refractivity contribution in [1.82, 2.24) is 15.5 Å². The molecule has 1 aromatic carbocycles. The molecule has 1 aliphatic heterocycles. The molecule has 1 atom stereocenters. The predicted molar refractivity (Wildman–Crippen MR) is 77.6 cm³/mol. The minimum absolute atomic E-state index is 0. The average molecular weight is 281 g/mol. The number of hydrogen-bond acceptors (Lipinski definition) is 3. The Bertz CT molecular complexity index is 563. The molecule has 3 N–H and O–H groups in total.